The fourth-order valence-corrected chi connectivity index (χ4v) is 5.71. The van der Waals surface area contributed by atoms with Gasteiger partial charge in [-0.25, -0.2) is 8.42 Å². The zero-order valence-corrected chi connectivity index (χ0v) is 18.4. The summed E-state index contributed by atoms with van der Waals surface area (Å²) in [5.74, 6) is 2.51. The number of sulfonamides is 1. The first-order chi connectivity index (χ1) is 14.7. The normalized spacial score (nSPS) is 25.9. The Labute approximate surface area is 182 Å². The van der Waals surface area contributed by atoms with Crippen LogP contribution in [0.3, 0.4) is 0 Å². The topological polar surface area (TPSA) is 84.9 Å². The van der Waals surface area contributed by atoms with Crippen LogP contribution < -0.4 is 14.2 Å². The zero-order valence-electron chi connectivity index (χ0n) is 17.6. The molecule has 164 valence electrons. The molecule has 0 bridgehead atoms. The monoisotopic (exact) mass is 442 g/mol. The molecular formula is C23H26N2O5S. The van der Waals surface area contributed by atoms with Gasteiger partial charge >= 0.3 is 0 Å². The first-order valence-electron chi connectivity index (χ1n) is 10.5. The third-order valence-electron chi connectivity index (χ3n) is 6.96. The van der Waals surface area contributed by atoms with E-state index in [1.54, 1.807) is 6.07 Å². The minimum atomic E-state index is -3.31. The summed E-state index contributed by atoms with van der Waals surface area (Å²) in [6.45, 7) is 3.98. The maximum atomic E-state index is 12.8. The van der Waals surface area contributed by atoms with Crippen molar-refractivity contribution in [2.75, 3.05) is 30.9 Å². The van der Waals surface area contributed by atoms with E-state index in [0.717, 1.165) is 42.0 Å². The lowest BCUT2D eigenvalue weighted by Crippen LogP contribution is -2.34. The molecular weight excluding hydrogens is 416 g/mol. The van der Waals surface area contributed by atoms with Crippen LogP contribution >= 0.6 is 0 Å². The molecule has 0 spiro atoms. The second kappa shape index (κ2) is 7.15. The molecule has 1 saturated heterocycles. The fraction of sp³-hybridized carbons (Fsp3) is 0.435. The van der Waals surface area contributed by atoms with Crippen molar-refractivity contribution < 1.29 is 22.7 Å². The molecule has 1 saturated carbocycles. The van der Waals surface area contributed by atoms with Gasteiger partial charge in [-0.15, -0.1) is 0 Å². The third kappa shape index (κ3) is 3.73. The van der Waals surface area contributed by atoms with Crippen LogP contribution in [-0.4, -0.2) is 45.4 Å². The van der Waals surface area contributed by atoms with Crippen LogP contribution in [0.15, 0.2) is 42.5 Å². The fourth-order valence-electron chi connectivity index (χ4n) is 5.15. The van der Waals surface area contributed by atoms with Crippen LogP contribution in [0.2, 0.25) is 0 Å². The minimum Gasteiger partial charge on any atom is -0.454 e. The van der Waals surface area contributed by atoms with Crippen LogP contribution in [-0.2, 0) is 26.7 Å². The van der Waals surface area contributed by atoms with Gasteiger partial charge in [-0.1, -0.05) is 25.1 Å². The van der Waals surface area contributed by atoms with Crippen molar-refractivity contribution in [1.29, 1.82) is 0 Å². The van der Waals surface area contributed by atoms with Gasteiger partial charge in [0.1, 0.15) is 0 Å². The van der Waals surface area contributed by atoms with Gasteiger partial charge in [0.15, 0.2) is 11.5 Å². The molecule has 2 atom stereocenters. The van der Waals surface area contributed by atoms with E-state index < -0.39 is 10.0 Å². The summed E-state index contributed by atoms with van der Waals surface area (Å²) in [4.78, 5) is 14.7. The highest BCUT2D eigenvalue weighted by atomic mass is 32.2. The number of piperidine rings is 1. The summed E-state index contributed by atoms with van der Waals surface area (Å²) in [5.41, 5.74) is 2.77. The number of likely N-dealkylation sites (tertiary alicyclic amines) is 1. The van der Waals surface area contributed by atoms with Crippen LogP contribution in [0.5, 0.6) is 11.5 Å². The maximum Gasteiger partial charge on any atom is 0.231 e. The molecule has 5 rings (SSSR count). The average Bonchev–Trinajstić information content (AvgIpc) is 3.14. The molecule has 2 unspecified atom stereocenters. The quantitative estimate of drug-likeness (QED) is 0.744. The van der Waals surface area contributed by atoms with E-state index in [2.05, 4.69) is 17.7 Å². The van der Waals surface area contributed by atoms with Crippen LogP contribution in [0.4, 0.5) is 5.69 Å². The van der Waals surface area contributed by atoms with E-state index in [9.17, 15) is 13.2 Å². The van der Waals surface area contributed by atoms with Gasteiger partial charge in [-0.2, -0.15) is 0 Å². The number of nitrogens with one attached hydrogen (secondary N) is 1. The minimum absolute atomic E-state index is 0.0106. The van der Waals surface area contributed by atoms with Gasteiger partial charge in [-0.05, 0) is 53.6 Å². The molecule has 0 aromatic heterocycles. The average molecular weight is 443 g/mol. The Balaban J connectivity index is 1.19. The first kappa shape index (κ1) is 20.2. The van der Waals surface area contributed by atoms with Crippen molar-refractivity contribution in [3.05, 3.63) is 53.6 Å². The number of carbonyl (C=O) groups is 1. The van der Waals surface area contributed by atoms with Crippen molar-refractivity contribution in [2.45, 2.75) is 25.2 Å². The van der Waals surface area contributed by atoms with Crippen LogP contribution in [0, 0.1) is 11.8 Å². The molecule has 2 fully saturated rings. The first-order valence-corrected chi connectivity index (χ1v) is 12.4. The number of anilines is 1. The lowest BCUT2D eigenvalue weighted by atomic mass is 9.92. The molecule has 2 heterocycles. The van der Waals surface area contributed by atoms with E-state index in [0.29, 0.717) is 30.4 Å². The van der Waals surface area contributed by atoms with Crippen molar-refractivity contribution in [2.24, 2.45) is 11.8 Å². The maximum absolute atomic E-state index is 12.8. The highest BCUT2D eigenvalue weighted by molar-refractivity contribution is 7.92. The number of ether oxygens (including phenoxy) is 2. The Morgan fingerprint density at radius 3 is 2.61 bits per heavy atom. The largest absolute Gasteiger partial charge is 0.454 e. The highest BCUT2D eigenvalue weighted by Gasteiger charge is 2.66. The molecule has 0 radical (unpaired) electrons. The van der Waals surface area contributed by atoms with Gasteiger partial charge in [0.25, 0.3) is 0 Å². The van der Waals surface area contributed by atoms with Gasteiger partial charge in [0.2, 0.25) is 22.7 Å². The van der Waals surface area contributed by atoms with E-state index in [4.69, 9.17) is 9.47 Å². The molecule has 1 aliphatic carbocycles. The Bertz CT molecular complexity index is 1130. The number of amides is 1. The van der Waals surface area contributed by atoms with Crippen LogP contribution in [0.1, 0.15) is 24.5 Å². The number of rotatable bonds is 6. The highest BCUT2D eigenvalue weighted by Crippen LogP contribution is 2.63. The Morgan fingerprint density at radius 2 is 1.87 bits per heavy atom. The summed E-state index contributed by atoms with van der Waals surface area (Å²) in [7, 11) is -3.31. The van der Waals surface area contributed by atoms with E-state index in [1.807, 2.05) is 35.2 Å². The van der Waals surface area contributed by atoms with Crippen molar-refractivity contribution >= 4 is 21.6 Å². The standard InChI is InChI=1S/C23H26N2O5S/c1-23(16-4-3-5-17(11-16)24-31(2,27)28)18-12-25(13-19(18)23)22(26)9-7-15-6-8-20-21(10-15)30-14-29-20/h3-6,8,10-11,18-19,24H,7,9,12-14H2,1-2H3. The number of carbonyl (C=O) groups excluding carboxylic acids is 1. The van der Waals surface area contributed by atoms with Crippen molar-refractivity contribution in [3.8, 4) is 11.5 Å². The molecule has 7 nitrogen and oxygen atoms in total. The second-order valence-corrected chi connectivity index (χ2v) is 10.7. The summed E-state index contributed by atoms with van der Waals surface area (Å²) in [6.07, 6.45) is 2.31. The summed E-state index contributed by atoms with van der Waals surface area (Å²) in [5, 5.41) is 0. The Kier molecular flexibility index (Phi) is 4.66. The SMILES string of the molecule is CC1(c2cccc(NS(C)(=O)=O)c2)C2CN(C(=O)CCc3ccc4c(c3)OCO4)CC21. The Hall–Kier alpha value is -2.74. The molecule has 3 aliphatic rings. The Morgan fingerprint density at radius 1 is 1.13 bits per heavy atom. The predicted octanol–water partition coefficient (Wildman–Crippen LogP) is 2.77. The van der Waals surface area contributed by atoms with Gasteiger partial charge in [0.05, 0.1) is 6.26 Å². The van der Waals surface area contributed by atoms with E-state index in [1.165, 1.54) is 0 Å². The van der Waals surface area contributed by atoms with E-state index >= 15 is 0 Å². The number of hydrogen-bond acceptors (Lipinski definition) is 5. The van der Waals surface area contributed by atoms with Crippen molar-refractivity contribution in [1.82, 2.24) is 4.90 Å². The molecule has 2 aliphatic heterocycles. The van der Waals surface area contributed by atoms with E-state index in [-0.39, 0.29) is 18.1 Å². The molecule has 1 N–H and O–H groups in total. The number of benzene rings is 2. The lowest BCUT2D eigenvalue weighted by Gasteiger charge is -2.25. The number of fused-ring (bicyclic) bond motifs is 2. The predicted molar refractivity (Wildman–Crippen MR) is 117 cm³/mol. The zero-order chi connectivity index (χ0) is 21.8. The number of aryl methyl sites for hydroxylation is 1. The molecule has 1 amide bonds. The second-order valence-electron chi connectivity index (χ2n) is 8.94. The molecule has 31 heavy (non-hydrogen) atoms. The van der Waals surface area contributed by atoms with Crippen LogP contribution in [0.25, 0.3) is 0 Å². The third-order valence-corrected chi connectivity index (χ3v) is 7.56. The van der Waals surface area contributed by atoms with Gasteiger partial charge < -0.3 is 14.4 Å². The van der Waals surface area contributed by atoms with Gasteiger partial charge in [-0.3, -0.25) is 9.52 Å². The number of nitrogens with zero attached hydrogens (tertiary/aromatic N) is 1. The summed E-state index contributed by atoms with van der Waals surface area (Å²) in [6, 6.07) is 13.4. The summed E-state index contributed by atoms with van der Waals surface area (Å²) < 4.78 is 36.4. The molecule has 8 heteroatoms. The molecule has 2 aromatic carbocycles. The number of hydrogen-bond donors (Lipinski definition) is 1. The lowest BCUT2D eigenvalue weighted by molar-refractivity contribution is -0.130. The smallest absolute Gasteiger partial charge is 0.231 e. The van der Waals surface area contributed by atoms with Crippen molar-refractivity contribution in [3.63, 3.8) is 0 Å². The molecule has 2 aromatic rings. The van der Waals surface area contributed by atoms with Gasteiger partial charge in [0, 0.05) is 30.6 Å². The summed E-state index contributed by atoms with van der Waals surface area (Å²) >= 11 is 0.